The molecule has 0 aromatic carbocycles. The molecule has 1 fully saturated rings. The fourth-order valence-electron chi connectivity index (χ4n) is 2.27. The standard InChI is InChI=1S/C12H19IO/c1-4-10(14)7-12-8(2)5-6-11(12)9(3)13/h4,8,10,12,14H,1,5-7H2,2-3H3/b11-9-/t8-,10?,12+/m0/s1. The lowest BCUT2D eigenvalue weighted by molar-refractivity contribution is 0.185. The number of aliphatic hydroxyl groups excluding tert-OH is 1. The smallest absolute Gasteiger partial charge is 0.0724 e. The highest BCUT2D eigenvalue weighted by Crippen LogP contribution is 2.42. The molecule has 0 aromatic heterocycles. The van der Waals surface area contributed by atoms with Crippen LogP contribution in [0.15, 0.2) is 21.8 Å². The summed E-state index contributed by atoms with van der Waals surface area (Å²) in [5.41, 5.74) is 1.55. The fraction of sp³-hybridized carbons (Fsp3) is 0.667. The van der Waals surface area contributed by atoms with Gasteiger partial charge in [-0.15, -0.1) is 6.58 Å². The molecule has 1 rings (SSSR count). The highest BCUT2D eigenvalue weighted by atomic mass is 127. The molecule has 14 heavy (non-hydrogen) atoms. The predicted octanol–water partition coefficient (Wildman–Crippen LogP) is 3.68. The highest BCUT2D eigenvalue weighted by Gasteiger charge is 2.30. The van der Waals surface area contributed by atoms with Gasteiger partial charge in [0.15, 0.2) is 0 Å². The highest BCUT2D eigenvalue weighted by molar-refractivity contribution is 14.1. The summed E-state index contributed by atoms with van der Waals surface area (Å²) < 4.78 is 1.41. The van der Waals surface area contributed by atoms with Gasteiger partial charge in [0.05, 0.1) is 6.10 Å². The van der Waals surface area contributed by atoms with E-state index in [-0.39, 0.29) is 6.10 Å². The number of hydrogen-bond acceptors (Lipinski definition) is 1. The lowest BCUT2D eigenvalue weighted by Crippen LogP contribution is -2.14. The van der Waals surface area contributed by atoms with Crippen LogP contribution in [0.4, 0.5) is 0 Å². The first-order valence-electron chi connectivity index (χ1n) is 5.22. The van der Waals surface area contributed by atoms with Crippen molar-refractivity contribution in [3.05, 3.63) is 21.8 Å². The molecule has 1 aliphatic carbocycles. The van der Waals surface area contributed by atoms with Crippen molar-refractivity contribution >= 4 is 22.6 Å². The molecule has 1 nitrogen and oxygen atoms in total. The Labute approximate surface area is 100 Å². The van der Waals surface area contributed by atoms with Crippen LogP contribution < -0.4 is 0 Å². The largest absolute Gasteiger partial charge is 0.389 e. The zero-order chi connectivity index (χ0) is 10.7. The molecule has 1 aliphatic rings. The van der Waals surface area contributed by atoms with Gasteiger partial charge < -0.3 is 5.11 Å². The molecule has 0 amide bonds. The molecule has 2 heteroatoms. The molecule has 0 heterocycles. The van der Waals surface area contributed by atoms with Gasteiger partial charge in [0.1, 0.15) is 0 Å². The number of hydrogen-bond donors (Lipinski definition) is 1. The molecular formula is C12H19IO. The summed E-state index contributed by atoms with van der Waals surface area (Å²) in [7, 11) is 0. The van der Waals surface area contributed by atoms with E-state index in [0.717, 1.165) is 6.42 Å². The van der Waals surface area contributed by atoms with E-state index in [1.807, 2.05) is 0 Å². The van der Waals surface area contributed by atoms with E-state index in [0.29, 0.717) is 11.8 Å². The van der Waals surface area contributed by atoms with Gasteiger partial charge in [-0.2, -0.15) is 0 Å². The molecule has 0 radical (unpaired) electrons. The molecule has 0 spiro atoms. The number of aliphatic hydroxyl groups is 1. The maximum absolute atomic E-state index is 9.59. The third-order valence-electron chi connectivity index (χ3n) is 3.21. The lowest BCUT2D eigenvalue weighted by Gasteiger charge is -2.19. The van der Waals surface area contributed by atoms with Gasteiger partial charge in [0, 0.05) is 0 Å². The molecule has 0 aliphatic heterocycles. The van der Waals surface area contributed by atoms with Crippen LogP contribution in [-0.4, -0.2) is 11.2 Å². The lowest BCUT2D eigenvalue weighted by atomic mass is 9.89. The predicted molar refractivity (Wildman–Crippen MR) is 69.4 cm³/mol. The number of rotatable bonds is 3. The van der Waals surface area contributed by atoms with Gasteiger partial charge in [-0.1, -0.05) is 18.6 Å². The maximum atomic E-state index is 9.59. The van der Waals surface area contributed by atoms with Crippen LogP contribution in [-0.2, 0) is 0 Å². The second-order valence-electron chi connectivity index (χ2n) is 4.22. The van der Waals surface area contributed by atoms with E-state index in [2.05, 4.69) is 43.0 Å². The van der Waals surface area contributed by atoms with E-state index in [1.54, 1.807) is 11.6 Å². The molecule has 0 aromatic rings. The van der Waals surface area contributed by atoms with Gasteiger partial charge in [-0.25, -0.2) is 0 Å². The first-order chi connectivity index (χ1) is 6.56. The van der Waals surface area contributed by atoms with Gasteiger partial charge in [-0.3, -0.25) is 0 Å². The first-order valence-corrected chi connectivity index (χ1v) is 6.30. The van der Waals surface area contributed by atoms with Gasteiger partial charge >= 0.3 is 0 Å². The molecule has 0 saturated heterocycles. The molecular weight excluding hydrogens is 287 g/mol. The molecule has 80 valence electrons. The Morgan fingerprint density at radius 3 is 2.93 bits per heavy atom. The Kier molecular flexibility index (Phi) is 4.64. The Morgan fingerprint density at radius 2 is 2.43 bits per heavy atom. The van der Waals surface area contributed by atoms with Crippen LogP contribution in [0.3, 0.4) is 0 Å². The minimum atomic E-state index is -0.341. The summed E-state index contributed by atoms with van der Waals surface area (Å²) in [4.78, 5) is 0. The fourth-order valence-corrected chi connectivity index (χ4v) is 2.94. The van der Waals surface area contributed by atoms with Crippen LogP contribution in [0.5, 0.6) is 0 Å². The molecule has 1 saturated carbocycles. The number of halogens is 1. The molecule has 3 atom stereocenters. The summed E-state index contributed by atoms with van der Waals surface area (Å²) in [6.45, 7) is 8.08. The normalized spacial score (nSPS) is 32.9. The minimum absolute atomic E-state index is 0.341. The van der Waals surface area contributed by atoms with Crippen molar-refractivity contribution in [1.29, 1.82) is 0 Å². The van der Waals surface area contributed by atoms with Crippen LogP contribution in [0.2, 0.25) is 0 Å². The monoisotopic (exact) mass is 306 g/mol. The Bertz CT molecular complexity index is 241. The van der Waals surface area contributed by atoms with Crippen molar-refractivity contribution in [2.45, 2.75) is 39.2 Å². The van der Waals surface area contributed by atoms with E-state index in [1.165, 1.54) is 16.4 Å². The van der Waals surface area contributed by atoms with E-state index >= 15 is 0 Å². The Balaban J connectivity index is 2.73. The third kappa shape index (κ3) is 2.83. The topological polar surface area (TPSA) is 20.2 Å². The van der Waals surface area contributed by atoms with Crippen LogP contribution >= 0.6 is 22.6 Å². The zero-order valence-electron chi connectivity index (χ0n) is 8.96. The van der Waals surface area contributed by atoms with Crippen molar-refractivity contribution in [3.8, 4) is 0 Å². The second-order valence-corrected chi connectivity index (χ2v) is 5.84. The van der Waals surface area contributed by atoms with Crippen molar-refractivity contribution in [3.63, 3.8) is 0 Å². The van der Waals surface area contributed by atoms with Gasteiger partial charge in [-0.05, 0) is 64.2 Å². The Morgan fingerprint density at radius 1 is 1.79 bits per heavy atom. The van der Waals surface area contributed by atoms with Gasteiger partial charge in [0.2, 0.25) is 0 Å². The molecule has 1 unspecified atom stereocenters. The van der Waals surface area contributed by atoms with E-state index < -0.39 is 0 Å². The average molecular weight is 306 g/mol. The SMILES string of the molecule is C=CC(O)C[C@H]1/C(=C(/C)I)CC[C@@H]1C. The van der Waals surface area contributed by atoms with Crippen molar-refractivity contribution in [2.75, 3.05) is 0 Å². The van der Waals surface area contributed by atoms with Crippen LogP contribution in [0.1, 0.15) is 33.1 Å². The summed E-state index contributed by atoms with van der Waals surface area (Å²) in [6.07, 6.45) is 4.63. The van der Waals surface area contributed by atoms with Crippen LogP contribution in [0, 0.1) is 11.8 Å². The second kappa shape index (κ2) is 5.31. The molecule has 0 bridgehead atoms. The van der Waals surface area contributed by atoms with Crippen LogP contribution in [0.25, 0.3) is 0 Å². The van der Waals surface area contributed by atoms with E-state index in [9.17, 15) is 5.11 Å². The summed E-state index contributed by atoms with van der Waals surface area (Å²) in [5.74, 6) is 1.28. The van der Waals surface area contributed by atoms with Crippen molar-refractivity contribution < 1.29 is 5.11 Å². The van der Waals surface area contributed by atoms with Gasteiger partial charge in [0.25, 0.3) is 0 Å². The maximum Gasteiger partial charge on any atom is 0.0724 e. The summed E-state index contributed by atoms with van der Waals surface area (Å²) >= 11 is 2.40. The third-order valence-corrected chi connectivity index (χ3v) is 3.91. The summed E-state index contributed by atoms with van der Waals surface area (Å²) in [5, 5.41) is 9.59. The number of allylic oxidation sites excluding steroid dienone is 2. The first kappa shape index (κ1) is 12.2. The molecule has 1 N–H and O–H groups in total. The quantitative estimate of drug-likeness (QED) is 0.623. The van der Waals surface area contributed by atoms with E-state index in [4.69, 9.17) is 0 Å². The summed E-state index contributed by atoms with van der Waals surface area (Å²) in [6, 6.07) is 0. The minimum Gasteiger partial charge on any atom is -0.389 e. The Hall–Kier alpha value is 0.170. The van der Waals surface area contributed by atoms with Crippen molar-refractivity contribution in [2.24, 2.45) is 11.8 Å². The average Bonchev–Trinajstić information content (AvgIpc) is 2.48. The van der Waals surface area contributed by atoms with Crippen molar-refractivity contribution in [1.82, 2.24) is 0 Å². The zero-order valence-corrected chi connectivity index (χ0v) is 11.1.